The van der Waals surface area contributed by atoms with Crippen molar-refractivity contribution in [3.63, 3.8) is 0 Å². The molecular formula is C15H12ClF3N. The Hall–Kier alpha value is -1.68. The second kappa shape index (κ2) is 5.75. The number of benzene rings is 2. The van der Waals surface area contributed by atoms with Gasteiger partial charge in [-0.2, -0.15) is 13.2 Å². The first-order chi connectivity index (χ1) is 9.40. The molecule has 0 aromatic heterocycles. The lowest BCUT2D eigenvalue weighted by Gasteiger charge is -2.12. The second-order valence-corrected chi connectivity index (χ2v) is 4.69. The highest BCUT2D eigenvalue weighted by molar-refractivity contribution is 6.30. The molecule has 0 saturated heterocycles. The van der Waals surface area contributed by atoms with Gasteiger partial charge in [-0.1, -0.05) is 11.6 Å². The summed E-state index contributed by atoms with van der Waals surface area (Å²) in [6, 6.07) is 10.1. The minimum Gasteiger partial charge on any atom is -0.355 e. The van der Waals surface area contributed by atoms with Gasteiger partial charge in [0.05, 0.1) is 5.56 Å². The van der Waals surface area contributed by atoms with Crippen molar-refractivity contribution in [2.45, 2.75) is 12.6 Å². The van der Waals surface area contributed by atoms with Gasteiger partial charge in [-0.05, 0) is 61.4 Å². The Bertz CT molecular complexity index is 591. The third-order valence-corrected chi connectivity index (χ3v) is 3.06. The molecule has 0 aliphatic carbocycles. The summed E-state index contributed by atoms with van der Waals surface area (Å²) in [5.74, 6) is 0. The average Bonchev–Trinajstić information content (AvgIpc) is 2.40. The third kappa shape index (κ3) is 3.45. The van der Waals surface area contributed by atoms with E-state index in [4.69, 9.17) is 11.6 Å². The van der Waals surface area contributed by atoms with Gasteiger partial charge in [0.15, 0.2) is 0 Å². The second-order valence-electron chi connectivity index (χ2n) is 4.25. The molecule has 0 heterocycles. The number of hydrogen-bond acceptors (Lipinski definition) is 1. The molecule has 0 amide bonds. The van der Waals surface area contributed by atoms with Crippen molar-refractivity contribution in [3.8, 4) is 0 Å². The van der Waals surface area contributed by atoms with Crippen LogP contribution in [0.25, 0.3) is 0 Å². The van der Waals surface area contributed by atoms with Gasteiger partial charge in [0, 0.05) is 16.4 Å². The van der Waals surface area contributed by atoms with Crippen molar-refractivity contribution in [1.82, 2.24) is 0 Å². The van der Waals surface area contributed by atoms with Crippen LogP contribution in [0.3, 0.4) is 0 Å². The molecule has 0 spiro atoms. The fourth-order valence-corrected chi connectivity index (χ4v) is 1.98. The van der Waals surface area contributed by atoms with Crippen LogP contribution in [0.2, 0.25) is 5.02 Å². The van der Waals surface area contributed by atoms with Crippen molar-refractivity contribution in [1.29, 1.82) is 0 Å². The highest BCUT2D eigenvalue weighted by Crippen LogP contribution is 2.31. The number of hydrogen-bond donors (Lipinski definition) is 1. The van der Waals surface area contributed by atoms with Gasteiger partial charge in [-0.25, -0.2) is 0 Å². The predicted octanol–water partition coefficient (Wildman–Crippen LogP) is 5.48. The average molecular weight is 299 g/mol. The summed E-state index contributed by atoms with van der Waals surface area (Å²) in [5.41, 5.74) is 1.59. The van der Waals surface area contributed by atoms with Crippen LogP contribution >= 0.6 is 11.6 Å². The van der Waals surface area contributed by atoms with E-state index in [0.29, 0.717) is 17.1 Å². The monoisotopic (exact) mass is 298 g/mol. The predicted molar refractivity (Wildman–Crippen MR) is 75.2 cm³/mol. The molecule has 20 heavy (non-hydrogen) atoms. The number of halogens is 4. The number of anilines is 2. The van der Waals surface area contributed by atoms with Crippen LogP contribution in [0, 0.1) is 6.92 Å². The Kier molecular flexibility index (Phi) is 4.23. The van der Waals surface area contributed by atoms with Gasteiger partial charge < -0.3 is 5.32 Å². The Morgan fingerprint density at radius 3 is 2.25 bits per heavy atom. The summed E-state index contributed by atoms with van der Waals surface area (Å²) < 4.78 is 37.4. The molecular weight excluding hydrogens is 287 g/mol. The topological polar surface area (TPSA) is 12.0 Å². The van der Waals surface area contributed by atoms with Gasteiger partial charge in [-0.15, -0.1) is 0 Å². The first-order valence-electron chi connectivity index (χ1n) is 5.92. The molecule has 0 atom stereocenters. The molecule has 1 N–H and O–H groups in total. The van der Waals surface area contributed by atoms with E-state index in [9.17, 15) is 13.2 Å². The van der Waals surface area contributed by atoms with E-state index < -0.39 is 11.7 Å². The van der Waals surface area contributed by atoms with Crippen molar-refractivity contribution in [2.24, 2.45) is 0 Å². The number of nitrogens with one attached hydrogen (secondary N) is 1. The third-order valence-electron chi connectivity index (χ3n) is 2.83. The van der Waals surface area contributed by atoms with E-state index in [2.05, 4.69) is 12.2 Å². The molecule has 0 fully saturated rings. The molecule has 1 nitrogen and oxygen atoms in total. The zero-order valence-electron chi connectivity index (χ0n) is 10.5. The van der Waals surface area contributed by atoms with Crippen LogP contribution in [0.1, 0.15) is 11.1 Å². The SMILES string of the molecule is [CH2]Cc1cc(Cl)ccc1Nc1ccc(C(F)(F)F)cc1. The molecule has 2 rings (SSSR count). The molecule has 0 aliphatic heterocycles. The van der Waals surface area contributed by atoms with Crippen molar-refractivity contribution in [2.75, 3.05) is 5.32 Å². The van der Waals surface area contributed by atoms with Gasteiger partial charge in [-0.3, -0.25) is 0 Å². The lowest BCUT2D eigenvalue weighted by Crippen LogP contribution is -2.04. The summed E-state index contributed by atoms with van der Waals surface area (Å²) in [7, 11) is 0. The minimum atomic E-state index is -4.32. The molecule has 1 radical (unpaired) electrons. The number of rotatable bonds is 3. The minimum absolute atomic E-state index is 0.531. The quantitative estimate of drug-likeness (QED) is 0.791. The fourth-order valence-electron chi connectivity index (χ4n) is 1.79. The highest BCUT2D eigenvalue weighted by Gasteiger charge is 2.29. The molecule has 0 saturated carbocycles. The lowest BCUT2D eigenvalue weighted by atomic mass is 10.1. The van der Waals surface area contributed by atoms with Gasteiger partial charge >= 0.3 is 6.18 Å². The highest BCUT2D eigenvalue weighted by atomic mass is 35.5. The normalized spacial score (nSPS) is 11.4. The summed E-state index contributed by atoms with van der Waals surface area (Å²) >= 11 is 5.89. The Morgan fingerprint density at radius 2 is 1.70 bits per heavy atom. The molecule has 105 valence electrons. The van der Waals surface area contributed by atoms with Crippen LogP contribution in [-0.4, -0.2) is 0 Å². The van der Waals surface area contributed by atoms with E-state index in [0.717, 1.165) is 23.4 Å². The Labute approximate surface area is 120 Å². The number of alkyl halides is 3. The largest absolute Gasteiger partial charge is 0.416 e. The molecule has 5 heteroatoms. The smallest absolute Gasteiger partial charge is 0.355 e. The van der Waals surface area contributed by atoms with Crippen molar-refractivity contribution >= 4 is 23.0 Å². The zero-order chi connectivity index (χ0) is 14.8. The lowest BCUT2D eigenvalue weighted by molar-refractivity contribution is -0.137. The molecule has 0 bridgehead atoms. The van der Waals surface area contributed by atoms with Gasteiger partial charge in [0.25, 0.3) is 0 Å². The maximum Gasteiger partial charge on any atom is 0.416 e. The van der Waals surface area contributed by atoms with Gasteiger partial charge in [0.1, 0.15) is 0 Å². The van der Waals surface area contributed by atoms with Crippen molar-refractivity contribution < 1.29 is 13.2 Å². The molecule has 0 aliphatic rings. The van der Waals surface area contributed by atoms with Crippen LogP contribution in [0.15, 0.2) is 42.5 Å². The van der Waals surface area contributed by atoms with Crippen LogP contribution < -0.4 is 5.32 Å². The molecule has 2 aromatic rings. The van der Waals surface area contributed by atoms with Crippen LogP contribution in [-0.2, 0) is 12.6 Å². The van der Waals surface area contributed by atoms with E-state index >= 15 is 0 Å². The summed E-state index contributed by atoms with van der Waals surface area (Å²) in [4.78, 5) is 0. The summed E-state index contributed by atoms with van der Waals surface area (Å²) in [5, 5.41) is 3.66. The molecule has 2 aromatic carbocycles. The first-order valence-corrected chi connectivity index (χ1v) is 6.30. The van der Waals surface area contributed by atoms with Crippen LogP contribution in [0.5, 0.6) is 0 Å². The van der Waals surface area contributed by atoms with Gasteiger partial charge in [0.2, 0.25) is 0 Å². The summed E-state index contributed by atoms with van der Waals surface area (Å²) in [6.45, 7) is 3.80. The standard InChI is InChI=1S/C15H12ClF3N/c1-2-10-9-12(16)5-8-14(10)20-13-6-3-11(4-7-13)15(17,18)19/h3-9,20H,1-2H2. The molecule has 0 unspecified atom stereocenters. The van der Waals surface area contributed by atoms with Crippen molar-refractivity contribution in [3.05, 3.63) is 65.5 Å². The Morgan fingerprint density at radius 1 is 1.05 bits per heavy atom. The first kappa shape index (κ1) is 14.7. The van der Waals surface area contributed by atoms with E-state index in [1.54, 1.807) is 18.2 Å². The van der Waals surface area contributed by atoms with E-state index in [-0.39, 0.29) is 0 Å². The van der Waals surface area contributed by atoms with Crippen LogP contribution in [0.4, 0.5) is 24.5 Å². The van der Waals surface area contributed by atoms with E-state index in [1.165, 1.54) is 12.1 Å². The fraction of sp³-hybridized carbons (Fsp3) is 0.133. The maximum atomic E-state index is 12.5. The summed E-state index contributed by atoms with van der Waals surface area (Å²) in [6.07, 6.45) is -3.79. The zero-order valence-corrected chi connectivity index (χ0v) is 11.2. The van der Waals surface area contributed by atoms with E-state index in [1.807, 2.05) is 0 Å². The maximum absolute atomic E-state index is 12.5. The Balaban J connectivity index is 2.22.